The van der Waals surface area contributed by atoms with E-state index in [1.165, 1.54) is 19.4 Å². The third kappa shape index (κ3) is 6.28. The smallest absolute Gasteiger partial charge is 0.354 e. The summed E-state index contributed by atoms with van der Waals surface area (Å²) in [6.45, 7) is 0.395. The van der Waals surface area contributed by atoms with E-state index in [9.17, 15) is 4.79 Å². The van der Waals surface area contributed by atoms with Gasteiger partial charge < -0.3 is 19.3 Å². The van der Waals surface area contributed by atoms with Crippen molar-refractivity contribution < 1.29 is 24.1 Å². The number of carbonyl (C=O) groups is 1. The van der Waals surface area contributed by atoms with Crippen molar-refractivity contribution in [3.8, 4) is 17.2 Å². The Morgan fingerprint density at radius 3 is 2.40 bits per heavy atom. The van der Waals surface area contributed by atoms with E-state index in [-0.39, 0.29) is 5.69 Å². The summed E-state index contributed by atoms with van der Waals surface area (Å²) in [4.78, 5) is 16.5. The summed E-state index contributed by atoms with van der Waals surface area (Å²) in [5.74, 6) is 0.456. The van der Waals surface area contributed by atoms with Crippen LogP contribution in [0.25, 0.3) is 10.4 Å². The standard InChI is InChI=1S/C16H17NO5.HN3/c1-20-12-5-3-11(4-6-12)7-8-22-14-9-13(16(18)19)17-10-15(14)21-2;1-3-2/h3-6,9-10H,7-8H2,1-2H3,(H,18,19);1H. The molecule has 2 aromatic rings. The number of benzene rings is 1. The number of methoxy groups -OCH3 is 2. The number of nitrogens with zero attached hydrogens (tertiary/aromatic N) is 3. The number of rotatable bonds is 7. The lowest BCUT2D eigenvalue weighted by Crippen LogP contribution is -2.06. The average Bonchev–Trinajstić information content (AvgIpc) is 2.62. The third-order valence-electron chi connectivity index (χ3n) is 3.08. The van der Waals surface area contributed by atoms with Gasteiger partial charge >= 0.3 is 5.97 Å². The van der Waals surface area contributed by atoms with Crippen LogP contribution in [0.1, 0.15) is 16.1 Å². The van der Waals surface area contributed by atoms with Crippen molar-refractivity contribution in [1.82, 2.24) is 4.98 Å². The summed E-state index contributed by atoms with van der Waals surface area (Å²) in [6.07, 6.45) is 2.02. The zero-order valence-corrected chi connectivity index (χ0v) is 13.8. The Hall–Kier alpha value is -3.45. The second kappa shape index (κ2) is 10.3. The minimum atomic E-state index is -1.11. The number of ether oxygens (including phenoxy) is 3. The summed E-state index contributed by atoms with van der Waals surface area (Å²) in [5.41, 5.74) is 13.3. The van der Waals surface area contributed by atoms with Gasteiger partial charge in [-0.3, -0.25) is 0 Å². The first-order valence-electron chi connectivity index (χ1n) is 7.09. The average molecular weight is 346 g/mol. The van der Waals surface area contributed by atoms with Crippen LogP contribution >= 0.6 is 0 Å². The summed E-state index contributed by atoms with van der Waals surface area (Å²) in [5, 5.41) is 8.95. The van der Waals surface area contributed by atoms with Gasteiger partial charge in [-0.25, -0.2) is 9.78 Å². The first-order valence-corrected chi connectivity index (χ1v) is 7.09. The SMILES string of the molecule is COc1ccc(CCOc2cc(C(=O)O)ncc2OC)cc1.[N-]=[N+]=N. The predicted octanol–water partition coefficient (Wildman–Crippen LogP) is 3.29. The maximum Gasteiger partial charge on any atom is 0.354 e. The van der Waals surface area contributed by atoms with Gasteiger partial charge in [-0.05, 0) is 28.1 Å². The number of pyridine rings is 1. The van der Waals surface area contributed by atoms with Crippen molar-refractivity contribution in [3.05, 3.63) is 58.2 Å². The number of aromatic carboxylic acids is 1. The maximum atomic E-state index is 10.9. The highest BCUT2D eigenvalue weighted by molar-refractivity contribution is 5.86. The van der Waals surface area contributed by atoms with Gasteiger partial charge in [0.1, 0.15) is 5.75 Å². The van der Waals surface area contributed by atoms with Gasteiger partial charge in [-0.15, -0.1) is 5.53 Å². The molecule has 25 heavy (non-hydrogen) atoms. The molecule has 2 N–H and O–H groups in total. The predicted molar refractivity (Wildman–Crippen MR) is 89.4 cm³/mol. The molecule has 0 bridgehead atoms. The molecule has 9 nitrogen and oxygen atoms in total. The quantitative estimate of drug-likeness (QED) is 0.448. The van der Waals surface area contributed by atoms with Crippen LogP contribution in [0, 0.1) is 5.53 Å². The summed E-state index contributed by atoms with van der Waals surface area (Å²) >= 11 is 0. The molecule has 0 radical (unpaired) electrons. The maximum absolute atomic E-state index is 10.9. The molecule has 0 unspecified atom stereocenters. The van der Waals surface area contributed by atoms with Crippen LogP contribution in [0.2, 0.25) is 0 Å². The third-order valence-corrected chi connectivity index (χ3v) is 3.08. The van der Waals surface area contributed by atoms with Gasteiger partial charge in [0.05, 0.1) is 27.0 Å². The Morgan fingerprint density at radius 1 is 1.24 bits per heavy atom. The van der Waals surface area contributed by atoms with Crippen LogP contribution in [-0.2, 0) is 6.42 Å². The number of carboxylic acids is 1. The van der Waals surface area contributed by atoms with Crippen LogP contribution < -0.4 is 14.2 Å². The highest BCUT2D eigenvalue weighted by Gasteiger charge is 2.11. The minimum absolute atomic E-state index is 0.0831. The Bertz CT molecular complexity index is 728. The van der Waals surface area contributed by atoms with Crippen molar-refractivity contribution in [2.24, 2.45) is 0 Å². The van der Waals surface area contributed by atoms with Crippen molar-refractivity contribution in [2.75, 3.05) is 20.8 Å². The second-order valence-corrected chi connectivity index (χ2v) is 4.57. The van der Waals surface area contributed by atoms with E-state index in [2.05, 4.69) is 4.98 Å². The van der Waals surface area contributed by atoms with Crippen LogP contribution in [-0.4, -0.2) is 36.9 Å². The van der Waals surface area contributed by atoms with E-state index >= 15 is 0 Å². The van der Waals surface area contributed by atoms with E-state index < -0.39 is 5.97 Å². The van der Waals surface area contributed by atoms with E-state index in [0.29, 0.717) is 24.5 Å². The second-order valence-electron chi connectivity index (χ2n) is 4.57. The number of aromatic nitrogens is 1. The molecule has 1 aromatic carbocycles. The monoisotopic (exact) mass is 346 g/mol. The van der Waals surface area contributed by atoms with Crippen LogP contribution in [0.3, 0.4) is 0 Å². The highest BCUT2D eigenvalue weighted by Crippen LogP contribution is 2.26. The zero-order valence-electron chi connectivity index (χ0n) is 13.8. The lowest BCUT2D eigenvalue weighted by Gasteiger charge is -2.11. The summed E-state index contributed by atoms with van der Waals surface area (Å²) < 4.78 is 15.8. The van der Waals surface area contributed by atoms with Crippen molar-refractivity contribution in [2.45, 2.75) is 6.42 Å². The first kappa shape index (κ1) is 19.6. The highest BCUT2D eigenvalue weighted by atomic mass is 16.5. The molecule has 9 heteroatoms. The van der Waals surface area contributed by atoms with E-state index in [4.69, 9.17) is 30.4 Å². The Morgan fingerprint density at radius 2 is 1.88 bits per heavy atom. The van der Waals surface area contributed by atoms with Crippen LogP contribution in [0.5, 0.6) is 17.2 Å². The van der Waals surface area contributed by atoms with E-state index in [1.54, 1.807) is 12.0 Å². The molecule has 2 rings (SSSR count). The van der Waals surface area contributed by atoms with Gasteiger partial charge in [0.2, 0.25) is 0 Å². The topological polar surface area (TPSA) is 138 Å². The zero-order chi connectivity index (χ0) is 18.7. The lowest BCUT2D eigenvalue weighted by molar-refractivity contribution is 0.0689. The summed E-state index contributed by atoms with van der Waals surface area (Å²) in [7, 11) is 3.10. The normalized spacial score (nSPS) is 9.20. The van der Waals surface area contributed by atoms with Crippen LogP contribution in [0.4, 0.5) is 0 Å². The molecule has 0 spiro atoms. The molecule has 0 saturated carbocycles. The largest absolute Gasteiger partial charge is 0.497 e. The fourth-order valence-corrected chi connectivity index (χ4v) is 1.88. The molecule has 0 amide bonds. The molecule has 132 valence electrons. The minimum Gasteiger partial charge on any atom is -0.497 e. The Kier molecular flexibility index (Phi) is 8.11. The molecule has 1 aromatic heterocycles. The molecule has 0 aliphatic rings. The summed E-state index contributed by atoms with van der Waals surface area (Å²) in [6, 6.07) is 9.02. The van der Waals surface area contributed by atoms with Gasteiger partial charge in [0, 0.05) is 12.5 Å². The molecule has 0 aliphatic heterocycles. The molecule has 0 fully saturated rings. The molecular weight excluding hydrogens is 328 g/mol. The number of nitrogens with one attached hydrogen (secondary N) is 1. The fraction of sp³-hybridized carbons (Fsp3) is 0.250. The number of hydrogen-bond donors (Lipinski definition) is 2. The Balaban J connectivity index is 0.000000970. The van der Waals surface area contributed by atoms with Gasteiger partial charge in [-0.2, -0.15) is 0 Å². The van der Waals surface area contributed by atoms with Gasteiger partial charge in [-0.1, -0.05) is 12.1 Å². The van der Waals surface area contributed by atoms with E-state index in [1.807, 2.05) is 24.3 Å². The van der Waals surface area contributed by atoms with Crippen LogP contribution in [0.15, 0.2) is 36.5 Å². The number of hydrogen-bond acceptors (Lipinski definition) is 6. The Labute approximate surface area is 144 Å². The molecule has 0 saturated heterocycles. The molecular formula is C16H18N4O5. The van der Waals surface area contributed by atoms with Crippen molar-refractivity contribution in [1.29, 1.82) is 5.53 Å². The first-order chi connectivity index (χ1) is 12.0. The van der Waals surface area contributed by atoms with Crippen molar-refractivity contribution in [3.63, 3.8) is 0 Å². The molecule has 0 atom stereocenters. The number of carboxylic acid groups (broad SMARTS) is 1. The van der Waals surface area contributed by atoms with Gasteiger partial charge in [0.25, 0.3) is 0 Å². The lowest BCUT2D eigenvalue weighted by atomic mass is 10.1. The van der Waals surface area contributed by atoms with Crippen molar-refractivity contribution >= 4 is 5.97 Å². The fourth-order valence-electron chi connectivity index (χ4n) is 1.88. The van der Waals surface area contributed by atoms with Gasteiger partial charge in [0.15, 0.2) is 17.2 Å². The molecule has 1 heterocycles. The van der Waals surface area contributed by atoms with E-state index in [0.717, 1.165) is 11.3 Å². The molecule has 0 aliphatic carbocycles.